The maximum atomic E-state index is 9.92. The molecule has 14 heavy (non-hydrogen) atoms. The lowest BCUT2D eigenvalue weighted by atomic mass is 9.99. The molecule has 3 nitrogen and oxygen atoms in total. The monoisotopic (exact) mass is 198 g/mol. The fourth-order valence-electron chi connectivity index (χ4n) is 2.83. The van der Waals surface area contributed by atoms with Crippen LogP contribution in [-0.2, 0) is 0 Å². The first kappa shape index (κ1) is 10.4. The summed E-state index contributed by atoms with van der Waals surface area (Å²) in [7, 11) is 0. The van der Waals surface area contributed by atoms with E-state index in [4.69, 9.17) is 0 Å². The largest absolute Gasteiger partial charge is 0.389 e. The Bertz CT molecular complexity index is 205. The van der Waals surface area contributed by atoms with Crippen LogP contribution in [0.1, 0.15) is 26.7 Å². The minimum absolute atomic E-state index is 0.444. The van der Waals surface area contributed by atoms with Crippen LogP contribution < -0.4 is 5.32 Å². The van der Waals surface area contributed by atoms with Gasteiger partial charge < -0.3 is 10.4 Å². The van der Waals surface area contributed by atoms with E-state index < -0.39 is 5.60 Å². The van der Waals surface area contributed by atoms with Gasteiger partial charge in [-0.25, -0.2) is 0 Å². The maximum Gasteiger partial charge on any atom is 0.0758 e. The molecule has 0 aromatic heterocycles. The molecule has 2 rings (SSSR count). The van der Waals surface area contributed by atoms with Gasteiger partial charge >= 0.3 is 0 Å². The lowest BCUT2D eigenvalue weighted by molar-refractivity contribution is 0.0597. The SMILES string of the molecule is CCC1CNCC1N1CCC(C)(O)C1. The Hall–Kier alpha value is -0.120. The van der Waals surface area contributed by atoms with E-state index in [1.54, 1.807) is 0 Å². The van der Waals surface area contributed by atoms with Gasteiger partial charge in [-0.05, 0) is 25.8 Å². The second kappa shape index (κ2) is 3.80. The molecule has 0 bridgehead atoms. The van der Waals surface area contributed by atoms with Crippen molar-refractivity contribution in [2.45, 2.75) is 38.3 Å². The zero-order valence-electron chi connectivity index (χ0n) is 9.29. The van der Waals surface area contributed by atoms with E-state index in [1.807, 2.05) is 6.92 Å². The van der Waals surface area contributed by atoms with Crippen molar-refractivity contribution in [1.82, 2.24) is 10.2 Å². The third-order valence-electron chi connectivity index (χ3n) is 3.78. The highest BCUT2D eigenvalue weighted by molar-refractivity contribution is 4.95. The predicted molar refractivity (Wildman–Crippen MR) is 57.3 cm³/mol. The van der Waals surface area contributed by atoms with Crippen molar-refractivity contribution in [2.75, 3.05) is 26.2 Å². The molecule has 2 heterocycles. The molecule has 3 heteroatoms. The van der Waals surface area contributed by atoms with Crippen molar-refractivity contribution >= 4 is 0 Å². The molecule has 2 aliphatic rings. The molecule has 0 aromatic carbocycles. The van der Waals surface area contributed by atoms with Crippen LogP contribution in [0.5, 0.6) is 0 Å². The summed E-state index contributed by atoms with van der Waals surface area (Å²) in [4.78, 5) is 2.47. The van der Waals surface area contributed by atoms with Crippen molar-refractivity contribution in [3.05, 3.63) is 0 Å². The molecule has 0 amide bonds. The number of nitrogens with one attached hydrogen (secondary N) is 1. The lowest BCUT2D eigenvalue weighted by Gasteiger charge is -2.28. The lowest BCUT2D eigenvalue weighted by Crippen LogP contribution is -2.41. The summed E-state index contributed by atoms with van der Waals surface area (Å²) in [5, 5.41) is 13.4. The summed E-state index contributed by atoms with van der Waals surface area (Å²) >= 11 is 0. The summed E-state index contributed by atoms with van der Waals surface area (Å²) in [6.07, 6.45) is 2.18. The van der Waals surface area contributed by atoms with Gasteiger partial charge in [-0.2, -0.15) is 0 Å². The molecular formula is C11H22N2O. The average molecular weight is 198 g/mol. The molecule has 2 N–H and O–H groups in total. The second-order valence-electron chi connectivity index (χ2n) is 5.11. The minimum Gasteiger partial charge on any atom is -0.389 e. The Morgan fingerprint density at radius 2 is 2.29 bits per heavy atom. The van der Waals surface area contributed by atoms with Crippen LogP contribution in [0.25, 0.3) is 0 Å². The van der Waals surface area contributed by atoms with Crippen molar-refractivity contribution in [3.8, 4) is 0 Å². The fourth-order valence-corrected chi connectivity index (χ4v) is 2.83. The van der Waals surface area contributed by atoms with Gasteiger partial charge in [0.2, 0.25) is 0 Å². The van der Waals surface area contributed by atoms with E-state index in [9.17, 15) is 5.11 Å². The zero-order valence-corrected chi connectivity index (χ0v) is 9.29. The van der Waals surface area contributed by atoms with E-state index in [0.717, 1.165) is 38.5 Å². The number of aliphatic hydroxyl groups is 1. The molecule has 2 aliphatic heterocycles. The van der Waals surface area contributed by atoms with Gasteiger partial charge in [0.1, 0.15) is 0 Å². The summed E-state index contributed by atoms with van der Waals surface area (Å²) in [6.45, 7) is 8.40. The third kappa shape index (κ3) is 1.95. The number of hydrogen-bond donors (Lipinski definition) is 2. The van der Waals surface area contributed by atoms with Crippen LogP contribution in [0.3, 0.4) is 0 Å². The number of rotatable bonds is 2. The van der Waals surface area contributed by atoms with Gasteiger partial charge in [-0.15, -0.1) is 0 Å². The summed E-state index contributed by atoms with van der Waals surface area (Å²) in [5.41, 5.74) is -0.444. The first-order valence-electron chi connectivity index (χ1n) is 5.79. The van der Waals surface area contributed by atoms with E-state index in [2.05, 4.69) is 17.1 Å². The molecule has 0 saturated carbocycles. The van der Waals surface area contributed by atoms with Gasteiger partial charge in [-0.3, -0.25) is 4.90 Å². The van der Waals surface area contributed by atoms with Crippen LogP contribution in [-0.4, -0.2) is 47.8 Å². The Morgan fingerprint density at radius 3 is 2.86 bits per heavy atom. The van der Waals surface area contributed by atoms with Gasteiger partial charge in [0, 0.05) is 25.7 Å². The number of likely N-dealkylation sites (tertiary alicyclic amines) is 1. The molecule has 2 fully saturated rings. The Labute approximate surface area is 86.5 Å². The van der Waals surface area contributed by atoms with Crippen LogP contribution in [0.15, 0.2) is 0 Å². The third-order valence-corrected chi connectivity index (χ3v) is 3.78. The van der Waals surface area contributed by atoms with E-state index >= 15 is 0 Å². The molecule has 0 radical (unpaired) electrons. The van der Waals surface area contributed by atoms with Crippen molar-refractivity contribution in [1.29, 1.82) is 0 Å². The highest BCUT2D eigenvalue weighted by Crippen LogP contribution is 2.27. The van der Waals surface area contributed by atoms with E-state index in [-0.39, 0.29) is 0 Å². The normalized spacial score (nSPS) is 44.8. The Morgan fingerprint density at radius 1 is 1.50 bits per heavy atom. The summed E-state index contributed by atoms with van der Waals surface area (Å²) in [6, 6.07) is 0.661. The van der Waals surface area contributed by atoms with Gasteiger partial charge in [0.05, 0.1) is 5.60 Å². The van der Waals surface area contributed by atoms with Crippen LogP contribution in [0, 0.1) is 5.92 Å². The van der Waals surface area contributed by atoms with Crippen LogP contribution in [0.2, 0.25) is 0 Å². The molecule has 3 atom stereocenters. The van der Waals surface area contributed by atoms with E-state index in [0.29, 0.717) is 6.04 Å². The molecule has 3 unspecified atom stereocenters. The van der Waals surface area contributed by atoms with Crippen molar-refractivity contribution in [2.24, 2.45) is 5.92 Å². The average Bonchev–Trinajstić information content (AvgIpc) is 2.70. The Kier molecular flexibility index (Phi) is 2.82. The Balaban J connectivity index is 1.95. The highest BCUT2D eigenvalue weighted by Gasteiger charge is 2.39. The van der Waals surface area contributed by atoms with Gasteiger partial charge in [-0.1, -0.05) is 13.3 Å². The van der Waals surface area contributed by atoms with Crippen LogP contribution >= 0.6 is 0 Å². The first-order valence-corrected chi connectivity index (χ1v) is 5.79. The zero-order chi connectivity index (χ0) is 10.2. The molecule has 0 aromatic rings. The minimum atomic E-state index is -0.444. The molecule has 0 aliphatic carbocycles. The van der Waals surface area contributed by atoms with E-state index in [1.165, 1.54) is 6.42 Å². The smallest absolute Gasteiger partial charge is 0.0758 e. The maximum absolute atomic E-state index is 9.92. The topological polar surface area (TPSA) is 35.5 Å². The number of nitrogens with zero attached hydrogens (tertiary/aromatic N) is 1. The molecular weight excluding hydrogens is 176 g/mol. The molecule has 82 valence electrons. The second-order valence-corrected chi connectivity index (χ2v) is 5.11. The molecule has 2 saturated heterocycles. The van der Waals surface area contributed by atoms with Crippen molar-refractivity contribution in [3.63, 3.8) is 0 Å². The van der Waals surface area contributed by atoms with Gasteiger partial charge in [0.15, 0.2) is 0 Å². The van der Waals surface area contributed by atoms with Crippen LogP contribution in [0.4, 0.5) is 0 Å². The number of hydrogen-bond acceptors (Lipinski definition) is 3. The van der Waals surface area contributed by atoms with Crippen molar-refractivity contribution < 1.29 is 5.11 Å². The van der Waals surface area contributed by atoms with Gasteiger partial charge in [0.25, 0.3) is 0 Å². The number of β-amino-alcohol motifs (C(OH)–C–C–N with tert-alkyl or cyclic N) is 1. The summed E-state index contributed by atoms with van der Waals surface area (Å²) < 4.78 is 0. The quantitative estimate of drug-likeness (QED) is 0.676. The summed E-state index contributed by atoms with van der Waals surface area (Å²) in [5.74, 6) is 0.781. The standard InChI is InChI=1S/C11H22N2O/c1-3-9-6-12-7-10(9)13-5-4-11(2,14)8-13/h9-10,12,14H,3-8H2,1-2H3. The predicted octanol–water partition coefficient (Wildman–Crippen LogP) is 0.441. The highest BCUT2D eigenvalue weighted by atomic mass is 16.3. The molecule has 0 spiro atoms. The fraction of sp³-hybridized carbons (Fsp3) is 1.00. The first-order chi connectivity index (χ1) is 6.62.